The van der Waals surface area contributed by atoms with Crippen LogP contribution < -0.4 is 39.9 Å². The summed E-state index contributed by atoms with van der Waals surface area (Å²) >= 11 is 0. The molecule has 3 aromatic carbocycles. The van der Waals surface area contributed by atoms with Crippen molar-refractivity contribution in [2.24, 2.45) is 0 Å². The van der Waals surface area contributed by atoms with Crippen molar-refractivity contribution in [1.82, 2.24) is 0 Å². The van der Waals surface area contributed by atoms with E-state index in [1.54, 1.807) is 0 Å². The molecule has 0 saturated carbocycles. The summed E-state index contributed by atoms with van der Waals surface area (Å²) in [4.78, 5) is 0. The van der Waals surface area contributed by atoms with Crippen LogP contribution in [0.3, 0.4) is 0 Å². The van der Waals surface area contributed by atoms with Crippen LogP contribution in [0.15, 0.2) is 72.8 Å². The fraction of sp³-hybridized carbons (Fsp3) is 0.250. The second kappa shape index (κ2) is 9.82. The van der Waals surface area contributed by atoms with Gasteiger partial charge in [0, 0.05) is 13.0 Å². The number of aryl methyl sites for hydroxylation is 3. The largest absolute Gasteiger partial charge is 1.00 e. The molecule has 0 radical (unpaired) electrons. The molecule has 0 saturated heterocycles. The molecular weight excluding hydrogens is 462 g/mol. The Kier molecular flexibility index (Phi) is 8.03. The number of aliphatic hydroxyl groups is 1. The number of hydrogen-bond donors (Lipinski definition) is 1. The van der Waals surface area contributed by atoms with Gasteiger partial charge in [-0.05, 0) is 73.9 Å². The molecule has 0 aromatic heterocycles. The third kappa shape index (κ3) is 4.80. The molecule has 0 amide bonds. The molecule has 0 unspecified atom stereocenters. The zero-order valence-electron chi connectivity index (χ0n) is 16.3. The highest BCUT2D eigenvalue weighted by molar-refractivity contribution is 7.95. The summed E-state index contributed by atoms with van der Waals surface area (Å²) in [5.74, 6) is 0. The molecule has 27 heavy (non-hydrogen) atoms. The molecule has 0 bridgehead atoms. The lowest BCUT2D eigenvalue weighted by atomic mass is 10.2. The van der Waals surface area contributed by atoms with Crippen LogP contribution in [0, 0.1) is 20.8 Å². The second-order valence-electron chi connectivity index (χ2n) is 7.13. The van der Waals surface area contributed by atoms with Crippen LogP contribution in [0.1, 0.15) is 23.1 Å². The SMILES string of the molecule is Cc1cccc([P+](CCCO)(c2cccc(C)c2)c2cccc(C)c2)c1.[I-]. The fourth-order valence-electron chi connectivity index (χ4n) is 3.74. The topological polar surface area (TPSA) is 20.2 Å². The summed E-state index contributed by atoms with van der Waals surface area (Å²) in [6.45, 7) is 6.72. The number of hydrogen-bond acceptors (Lipinski definition) is 1. The van der Waals surface area contributed by atoms with E-state index in [9.17, 15) is 5.11 Å². The standard InChI is InChI=1S/C24H28OP.HI/c1-19-8-4-11-22(16-19)26(15-7-14-25,23-12-5-9-20(2)17-23)24-13-6-10-21(3)18-24;/h4-6,8-13,16-18,25H,7,14-15H2,1-3H3;1H/q+1;/p-1. The van der Waals surface area contributed by atoms with Crippen molar-refractivity contribution in [2.45, 2.75) is 27.2 Å². The number of aliphatic hydroxyl groups excluding tert-OH is 1. The molecule has 0 atom stereocenters. The van der Waals surface area contributed by atoms with Gasteiger partial charge in [0.05, 0.1) is 6.16 Å². The Morgan fingerprint density at radius 2 is 1.04 bits per heavy atom. The predicted octanol–water partition coefficient (Wildman–Crippen LogP) is 1.29. The minimum atomic E-state index is -1.81. The lowest BCUT2D eigenvalue weighted by molar-refractivity contribution is -0.00000645. The van der Waals surface area contributed by atoms with Gasteiger partial charge in [-0.1, -0.05) is 36.4 Å². The van der Waals surface area contributed by atoms with E-state index in [1.807, 2.05) is 0 Å². The Labute approximate surface area is 181 Å². The quantitative estimate of drug-likeness (QED) is 0.408. The molecule has 1 nitrogen and oxygen atoms in total. The maximum Gasteiger partial charge on any atom is 0.112 e. The van der Waals surface area contributed by atoms with Crippen molar-refractivity contribution < 1.29 is 29.1 Å². The average molecular weight is 490 g/mol. The summed E-state index contributed by atoms with van der Waals surface area (Å²) < 4.78 is 0. The van der Waals surface area contributed by atoms with Gasteiger partial charge in [0.2, 0.25) is 0 Å². The zero-order valence-corrected chi connectivity index (χ0v) is 19.4. The van der Waals surface area contributed by atoms with Gasteiger partial charge in [0.25, 0.3) is 0 Å². The van der Waals surface area contributed by atoms with Crippen molar-refractivity contribution in [1.29, 1.82) is 0 Å². The minimum Gasteiger partial charge on any atom is -1.00 e. The third-order valence-electron chi connectivity index (χ3n) is 4.98. The lowest BCUT2D eigenvalue weighted by Crippen LogP contribution is -3.00. The van der Waals surface area contributed by atoms with Crippen molar-refractivity contribution in [2.75, 3.05) is 12.8 Å². The molecule has 142 valence electrons. The molecule has 0 spiro atoms. The van der Waals surface area contributed by atoms with Crippen LogP contribution in [0.2, 0.25) is 0 Å². The van der Waals surface area contributed by atoms with E-state index in [-0.39, 0.29) is 30.6 Å². The molecule has 0 fully saturated rings. The summed E-state index contributed by atoms with van der Waals surface area (Å²) in [5.41, 5.74) is 3.86. The maximum absolute atomic E-state index is 9.65. The van der Waals surface area contributed by atoms with E-state index in [1.165, 1.54) is 32.6 Å². The highest BCUT2D eigenvalue weighted by Crippen LogP contribution is 2.56. The first-order valence-corrected chi connectivity index (χ1v) is 11.2. The molecule has 0 aliphatic heterocycles. The van der Waals surface area contributed by atoms with Crippen molar-refractivity contribution >= 4 is 23.2 Å². The first kappa shape index (κ1) is 22.1. The van der Waals surface area contributed by atoms with Crippen molar-refractivity contribution in [3.8, 4) is 0 Å². The van der Waals surface area contributed by atoms with Crippen molar-refractivity contribution in [3.05, 3.63) is 89.5 Å². The molecule has 3 rings (SSSR count). The van der Waals surface area contributed by atoms with E-state index < -0.39 is 7.26 Å². The highest BCUT2D eigenvalue weighted by atomic mass is 127. The lowest BCUT2D eigenvalue weighted by Gasteiger charge is -2.28. The Morgan fingerprint density at radius 3 is 1.33 bits per heavy atom. The van der Waals surface area contributed by atoms with E-state index in [4.69, 9.17) is 0 Å². The Balaban J connectivity index is 0.00000261. The van der Waals surface area contributed by atoms with Crippen molar-refractivity contribution in [3.63, 3.8) is 0 Å². The smallest absolute Gasteiger partial charge is 0.112 e. The Morgan fingerprint density at radius 1 is 0.667 bits per heavy atom. The van der Waals surface area contributed by atoms with Crippen LogP contribution in [0.4, 0.5) is 0 Å². The Bertz CT molecular complexity index is 780. The van der Waals surface area contributed by atoms with E-state index in [0.717, 1.165) is 12.6 Å². The van der Waals surface area contributed by atoms with Gasteiger partial charge in [0.1, 0.15) is 23.2 Å². The monoisotopic (exact) mass is 490 g/mol. The van der Waals surface area contributed by atoms with Crippen LogP contribution in [-0.4, -0.2) is 17.9 Å². The molecule has 1 N–H and O–H groups in total. The molecule has 0 aliphatic rings. The van der Waals surface area contributed by atoms with Gasteiger partial charge in [-0.15, -0.1) is 0 Å². The number of rotatable bonds is 6. The summed E-state index contributed by atoms with van der Waals surface area (Å²) in [6, 6.07) is 26.9. The van der Waals surface area contributed by atoms with Gasteiger partial charge in [-0.25, -0.2) is 0 Å². The van der Waals surface area contributed by atoms with E-state index in [2.05, 4.69) is 93.6 Å². The van der Waals surface area contributed by atoms with Gasteiger partial charge in [0.15, 0.2) is 0 Å². The maximum atomic E-state index is 9.65. The molecule has 3 heteroatoms. The van der Waals surface area contributed by atoms with Crippen LogP contribution in [-0.2, 0) is 0 Å². The third-order valence-corrected chi connectivity index (χ3v) is 9.45. The minimum absolute atomic E-state index is 0. The van der Waals surface area contributed by atoms with Gasteiger partial charge >= 0.3 is 0 Å². The second-order valence-corrected chi connectivity index (χ2v) is 10.7. The molecule has 0 heterocycles. The summed E-state index contributed by atoms with van der Waals surface area (Å²) in [6.07, 6.45) is 1.80. The zero-order chi connectivity index (χ0) is 18.6. The summed E-state index contributed by atoms with van der Waals surface area (Å²) in [5, 5.41) is 13.9. The molecular formula is C24H28IOP. The average Bonchev–Trinajstić information content (AvgIpc) is 2.63. The normalized spacial score (nSPS) is 11.1. The number of benzene rings is 3. The highest BCUT2D eigenvalue weighted by Gasteiger charge is 2.44. The van der Waals surface area contributed by atoms with E-state index >= 15 is 0 Å². The Hall–Kier alpha value is -1.22. The first-order valence-electron chi connectivity index (χ1n) is 9.27. The molecule has 0 aliphatic carbocycles. The van der Waals surface area contributed by atoms with E-state index in [0.29, 0.717) is 0 Å². The van der Waals surface area contributed by atoms with Crippen LogP contribution >= 0.6 is 7.26 Å². The van der Waals surface area contributed by atoms with Gasteiger partial charge < -0.3 is 29.1 Å². The van der Waals surface area contributed by atoms with Gasteiger partial charge in [-0.3, -0.25) is 0 Å². The fourth-order valence-corrected chi connectivity index (χ4v) is 8.32. The van der Waals surface area contributed by atoms with Crippen LogP contribution in [0.5, 0.6) is 0 Å². The first-order chi connectivity index (χ1) is 12.6. The summed E-state index contributed by atoms with van der Waals surface area (Å²) in [7, 11) is -1.81. The van der Waals surface area contributed by atoms with Crippen LogP contribution in [0.25, 0.3) is 0 Å². The predicted molar refractivity (Wildman–Crippen MR) is 116 cm³/mol. The van der Waals surface area contributed by atoms with Gasteiger partial charge in [-0.2, -0.15) is 0 Å². The number of halogens is 1. The molecule has 3 aromatic rings.